The Kier molecular flexibility index (Phi) is 7.90. The molecule has 0 spiro atoms. The molecule has 1 amide bonds. The summed E-state index contributed by atoms with van der Waals surface area (Å²) >= 11 is 0. The highest BCUT2D eigenvalue weighted by Gasteiger charge is 2.29. The lowest BCUT2D eigenvalue weighted by molar-refractivity contribution is -0.152. The van der Waals surface area contributed by atoms with Crippen molar-refractivity contribution >= 4 is 11.9 Å². The molecule has 1 N–H and O–H groups in total. The van der Waals surface area contributed by atoms with Crippen molar-refractivity contribution in [1.82, 2.24) is 24.9 Å². The van der Waals surface area contributed by atoms with E-state index in [9.17, 15) is 14.7 Å². The molecule has 0 radical (unpaired) electrons. The number of aliphatic carboxylic acids is 1. The maximum Gasteiger partial charge on any atom is 0.326 e. The molecular weight excluding hydrogens is 406 g/mol. The second-order valence-corrected chi connectivity index (χ2v) is 7.09. The van der Waals surface area contributed by atoms with Gasteiger partial charge < -0.3 is 23.9 Å². The van der Waals surface area contributed by atoms with Crippen molar-refractivity contribution in [2.45, 2.75) is 45.9 Å². The van der Waals surface area contributed by atoms with Crippen molar-refractivity contribution in [2.24, 2.45) is 0 Å². The minimum absolute atomic E-state index is 0.187. The third-order valence-corrected chi connectivity index (χ3v) is 4.79. The Morgan fingerprint density at radius 3 is 2.84 bits per heavy atom. The summed E-state index contributed by atoms with van der Waals surface area (Å²) in [5.41, 5.74) is 1.50. The van der Waals surface area contributed by atoms with E-state index in [-0.39, 0.29) is 38.9 Å². The normalized spacial score (nSPS) is 16.1. The monoisotopic (exact) mass is 433 g/mol. The first kappa shape index (κ1) is 22.6. The SMILES string of the molecule is CCc1nc(C)c(Cn2cc(COCCOCC(=O)N3CC=CCC3C(=O)O)nn2)o1. The van der Waals surface area contributed by atoms with Crippen LogP contribution >= 0.6 is 0 Å². The van der Waals surface area contributed by atoms with Crippen LogP contribution in [0.5, 0.6) is 0 Å². The lowest BCUT2D eigenvalue weighted by atomic mass is 10.1. The molecule has 168 valence electrons. The van der Waals surface area contributed by atoms with Crippen LogP contribution in [0.4, 0.5) is 0 Å². The highest BCUT2D eigenvalue weighted by Crippen LogP contribution is 2.13. The second-order valence-electron chi connectivity index (χ2n) is 7.09. The molecule has 1 unspecified atom stereocenters. The van der Waals surface area contributed by atoms with Gasteiger partial charge in [-0.05, 0) is 13.3 Å². The van der Waals surface area contributed by atoms with E-state index in [1.807, 2.05) is 13.8 Å². The smallest absolute Gasteiger partial charge is 0.326 e. The number of rotatable bonds is 11. The van der Waals surface area contributed by atoms with Crippen LogP contribution in [0.1, 0.15) is 36.4 Å². The molecule has 0 fully saturated rings. The van der Waals surface area contributed by atoms with Crippen molar-refractivity contribution in [3.8, 4) is 0 Å². The van der Waals surface area contributed by atoms with Crippen LogP contribution in [-0.4, -0.2) is 74.3 Å². The summed E-state index contributed by atoms with van der Waals surface area (Å²) in [4.78, 5) is 29.1. The average molecular weight is 433 g/mol. The van der Waals surface area contributed by atoms with Crippen molar-refractivity contribution in [3.05, 3.63) is 41.4 Å². The molecule has 0 saturated heterocycles. The van der Waals surface area contributed by atoms with Crippen LogP contribution < -0.4 is 0 Å². The van der Waals surface area contributed by atoms with E-state index in [1.165, 1.54) is 4.90 Å². The van der Waals surface area contributed by atoms with E-state index in [2.05, 4.69) is 15.3 Å². The van der Waals surface area contributed by atoms with Gasteiger partial charge in [0, 0.05) is 13.0 Å². The van der Waals surface area contributed by atoms with Crippen LogP contribution in [-0.2, 0) is 38.6 Å². The predicted molar refractivity (Wildman–Crippen MR) is 107 cm³/mol. The fraction of sp³-hybridized carbons (Fsp3) is 0.550. The van der Waals surface area contributed by atoms with Crippen LogP contribution in [0.15, 0.2) is 22.8 Å². The Labute approximate surface area is 179 Å². The minimum Gasteiger partial charge on any atom is -0.480 e. The van der Waals surface area contributed by atoms with E-state index < -0.39 is 12.0 Å². The molecule has 0 aliphatic carbocycles. The van der Waals surface area contributed by atoms with Gasteiger partial charge in [-0.3, -0.25) is 4.79 Å². The number of carboxylic acid groups (broad SMARTS) is 1. The number of aromatic nitrogens is 4. The number of carboxylic acids is 1. The van der Waals surface area contributed by atoms with Gasteiger partial charge in [0.1, 0.15) is 30.6 Å². The first-order valence-electron chi connectivity index (χ1n) is 10.1. The number of ether oxygens (including phenoxy) is 2. The van der Waals surface area contributed by atoms with Crippen molar-refractivity contribution in [2.75, 3.05) is 26.4 Å². The number of oxazole rings is 1. The molecule has 0 aromatic carbocycles. The number of hydrogen-bond donors (Lipinski definition) is 1. The summed E-state index contributed by atoms with van der Waals surface area (Å²) in [7, 11) is 0. The van der Waals surface area contributed by atoms with Crippen molar-refractivity contribution in [3.63, 3.8) is 0 Å². The van der Waals surface area contributed by atoms with Crippen LogP contribution in [0, 0.1) is 6.92 Å². The summed E-state index contributed by atoms with van der Waals surface area (Å²) in [6.07, 6.45) is 6.36. The lowest BCUT2D eigenvalue weighted by Gasteiger charge is -2.29. The summed E-state index contributed by atoms with van der Waals surface area (Å²) in [5.74, 6) is 0.0819. The molecule has 2 aromatic rings. The van der Waals surface area contributed by atoms with Crippen molar-refractivity contribution in [1.29, 1.82) is 0 Å². The largest absolute Gasteiger partial charge is 0.480 e. The average Bonchev–Trinajstić information content (AvgIpc) is 3.36. The zero-order chi connectivity index (χ0) is 22.2. The Bertz CT molecular complexity index is 921. The zero-order valence-electron chi connectivity index (χ0n) is 17.7. The van der Waals surface area contributed by atoms with E-state index in [4.69, 9.17) is 13.9 Å². The minimum atomic E-state index is -1.02. The third-order valence-electron chi connectivity index (χ3n) is 4.79. The summed E-state index contributed by atoms with van der Waals surface area (Å²) < 4.78 is 18.2. The van der Waals surface area contributed by atoms with Gasteiger partial charge in [0.2, 0.25) is 5.91 Å². The Morgan fingerprint density at radius 1 is 1.29 bits per heavy atom. The van der Waals surface area contributed by atoms with E-state index >= 15 is 0 Å². The molecule has 1 aliphatic heterocycles. The molecule has 0 bridgehead atoms. The fourth-order valence-electron chi connectivity index (χ4n) is 3.13. The topological polar surface area (TPSA) is 133 Å². The number of nitrogens with zero attached hydrogens (tertiary/aromatic N) is 5. The quantitative estimate of drug-likeness (QED) is 0.406. The number of carbonyl (C=O) groups excluding carboxylic acids is 1. The van der Waals surface area contributed by atoms with E-state index in [0.717, 1.165) is 17.9 Å². The van der Waals surface area contributed by atoms with Crippen LogP contribution in [0.3, 0.4) is 0 Å². The lowest BCUT2D eigenvalue weighted by Crippen LogP contribution is -2.48. The van der Waals surface area contributed by atoms with Gasteiger partial charge >= 0.3 is 5.97 Å². The molecule has 3 heterocycles. The van der Waals surface area contributed by atoms with Gasteiger partial charge in [0.25, 0.3) is 0 Å². The molecule has 3 rings (SSSR count). The zero-order valence-corrected chi connectivity index (χ0v) is 17.7. The number of amides is 1. The summed E-state index contributed by atoms with van der Waals surface area (Å²) in [6, 6.07) is -0.839. The Balaban J connectivity index is 1.34. The molecule has 31 heavy (non-hydrogen) atoms. The Hall–Kier alpha value is -3.05. The molecular formula is C20H27N5O6. The summed E-state index contributed by atoms with van der Waals surface area (Å²) in [5, 5.41) is 17.3. The fourth-order valence-corrected chi connectivity index (χ4v) is 3.13. The third kappa shape index (κ3) is 6.22. The first-order chi connectivity index (χ1) is 15.0. The first-order valence-corrected chi connectivity index (χ1v) is 10.1. The van der Waals surface area contributed by atoms with Gasteiger partial charge in [0.15, 0.2) is 5.89 Å². The van der Waals surface area contributed by atoms with Crippen LogP contribution in [0.2, 0.25) is 0 Å². The maximum atomic E-state index is 12.2. The van der Waals surface area contributed by atoms with E-state index in [0.29, 0.717) is 24.6 Å². The predicted octanol–water partition coefficient (Wildman–Crippen LogP) is 0.960. The summed E-state index contributed by atoms with van der Waals surface area (Å²) in [6.45, 7) is 5.14. The number of carbonyl (C=O) groups is 2. The van der Waals surface area contributed by atoms with Gasteiger partial charge in [0.05, 0.1) is 31.7 Å². The van der Waals surface area contributed by atoms with Gasteiger partial charge in [-0.1, -0.05) is 24.3 Å². The standard InChI is InChI=1S/C20H27N5O6/c1-3-18-21-14(2)17(31-18)11-24-10-15(22-23-24)12-29-8-9-30-13-19(26)25-7-5-4-6-16(25)20(27)28/h4-5,10,16H,3,6-9,11-13H2,1-2H3,(H,27,28). The highest BCUT2D eigenvalue weighted by molar-refractivity contribution is 5.85. The Morgan fingerprint density at radius 2 is 2.10 bits per heavy atom. The van der Waals surface area contributed by atoms with Gasteiger partial charge in [-0.15, -0.1) is 5.10 Å². The molecule has 0 saturated carbocycles. The molecule has 1 aliphatic rings. The van der Waals surface area contributed by atoms with Gasteiger partial charge in [-0.25, -0.2) is 14.5 Å². The molecule has 2 aromatic heterocycles. The van der Waals surface area contributed by atoms with Crippen molar-refractivity contribution < 1.29 is 28.6 Å². The number of aryl methyl sites for hydroxylation is 2. The van der Waals surface area contributed by atoms with Gasteiger partial charge in [-0.2, -0.15) is 0 Å². The molecule has 1 atom stereocenters. The van der Waals surface area contributed by atoms with Crippen LogP contribution in [0.25, 0.3) is 0 Å². The maximum absolute atomic E-state index is 12.2. The molecule has 11 heteroatoms. The second kappa shape index (κ2) is 10.8. The number of hydrogen-bond acceptors (Lipinski definition) is 8. The van der Waals surface area contributed by atoms with E-state index in [1.54, 1.807) is 23.0 Å². The highest BCUT2D eigenvalue weighted by atomic mass is 16.5. The molecule has 11 nitrogen and oxygen atoms in total.